The van der Waals surface area contributed by atoms with Crippen molar-refractivity contribution in [3.8, 4) is 0 Å². The number of piperidine rings is 1. The lowest BCUT2D eigenvalue weighted by molar-refractivity contribution is -0.139. The molecule has 1 amide bonds. The van der Waals surface area contributed by atoms with Gasteiger partial charge in [0.25, 0.3) is 0 Å². The normalized spacial score (nSPS) is 23.9. The van der Waals surface area contributed by atoms with Gasteiger partial charge in [0.15, 0.2) is 0 Å². The predicted molar refractivity (Wildman–Crippen MR) is 63.7 cm³/mol. The first-order valence-electron chi connectivity index (χ1n) is 6.51. The van der Waals surface area contributed by atoms with Crippen LogP contribution in [0.2, 0.25) is 0 Å². The molecule has 0 N–H and O–H groups in total. The summed E-state index contributed by atoms with van der Waals surface area (Å²) in [6.45, 7) is 7.41. The fourth-order valence-electron chi connectivity index (χ4n) is 2.55. The minimum absolute atomic E-state index is 0.224. The fourth-order valence-corrected chi connectivity index (χ4v) is 2.55. The Bertz CT molecular complexity index is 203. The molecule has 2 heteroatoms. The van der Waals surface area contributed by atoms with Crippen molar-refractivity contribution in [3.63, 3.8) is 0 Å². The third-order valence-corrected chi connectivity index (χ3v) is 3.52. The molecule has 1 aliphatic heterocycles. The first-order valence-corrected chi connectivity index (χ1v) is 6.51. The average Bonchev–Trinajstić information content (AvgIpc) is 2.28. The summed E-state index contributed by atoms with van der Waals surface area (Å²) < 4.78 is 0. The van der Waals surface area contributed by atoms with Crippen LogP contribution in [0.3, 0.4) is 0 Å². The SMILES string of the molecule is CCC[C@@H](C)C(=O)N1CCCC[C@@H]1CC. The smallest absolute Gasteiger partial charge is 0.225 e. The van der Waals surface area contributed by atoms with E-state index in [2.05, 4.69) is 25.7 Å². The first-order chi connectivity index (χ1) is 7.20. The highest BCUT2D eigenvalue weighted by Crippen LogP contribution is 2.22. The molecule has 1 rings (SSSR count). The number of nitrogens with zero attached hydrogens (tertiary/aromatic N) is 1. The standard InChI is InChI=1S/C13H25NO/c1-4-8-11(3)13(15)14-10-7-6-9-12(14)5-2/h11-12H,4-10H2,1-3H3/t11-,12+/m1/s1. The number of hydrogen-bond acceptors (Lipinski definition) is 1. The van der Waals surface area contributed by atoms with Crippen molar-refractivity contribution in [1.82, 2.24) is 4.90 Å². The van der Waals surface area contributed by atoms with Gasteiger partial charge >= 0.3 is 0 Å². The number of amides is 1. The zero-order chi connectivity index (χ0) is 11.3. The summed E-state index contributed by atoms with van der Waals surface area (Å²) in [5.74, 6) is 0.616. The molecular formula is C13H25NO. The van der Waals surface area contributed by atoms with Gasteiger partial charge in [-0.15, -0.1) is 0 Å². The molecule has 0 aromatic rings. The van der Waals surface area contributed by atoms with E-state index in [9.17, 15) is 4.79 Å². The van der Waals surface area contributed by atoms with Crippen molar-refractivity contribution in [2.24, 2.45) is 5.92 Å². The highest BCUT2D eigenvalue weighted by Gasteiger charge is 2.27. The first kappa shape index (κ1) is 12.5. The second-order valence-corrected chi connectivity index (χ2v) is 4.78. The summed E-state index contributed by atoms with van der Waals surface area (Å²) in [6.07, 6.45) is 6.96. The Morgan fingerprint density at radius 2 is 2.13 bits per heavy atom. The van der Waals surface area contributed by atoms with Crippen LogP contribution in [-0.2, 0) is 4.79 Å². The quantitative estimate of drug-likeness (QED) is 0.699. The Morgan fingerprint density at radius 3 is 2.73 bits per heavy atom. The molecule has 0 radical (unpaired) electrons. The molecule has 0 spiro atoms. The zero-order valence-electron chi connectivity index (χ0n) is 10.5. The summed E-state index contributed by atoms with van der Waals surface area (Å²) in [5.41, 5.74) is 0. The van der Waals surface area contributed by atoms with E-state index in [-0.39, 0.29) is 5.92 Å². The minimum Gasteiger partial charge on any atom is -0.340 e. The minimum atomic E-state index is 0.224. The predicted octanol–water partition coefficient (Wildman–Crippen LogP) is 3.21. The Balaban J connectivity index is 2.55. The zero-order valence-corrected chi connectivity index (χ0v) is 10.5. The lowest BCUT2D eigenvalue weighted by Crippen LogP contribution is -2.45. The van der Waals surface area contributed by atoms with Gasteiger partial charge in [-0.2, -0.15) is 0 Å². The molecule has 1 saturated heterocycles. The molecule has 2 nitrogen and oxygen atoms in total. The van der Waals surface area contributed by atoms with Crippen LogP contribution in [0, 0.1) is 5.92 Å². The average molecular weight is 211 g/mol. The molecule has 88 valence electrons. The van der Waals surface area contributed by atoms with Crippen LogP contribution in [-0.4, -0.2) is 23.4 Å². The number of hydrogen-bond donors (Lipinski definition) is 0. The molecule has 0 unspecified atom stereocenters. The molecule has 0 saturated carbocycles. The number of carbonyl (C=O) groups excluding carboxylic acids is 1. The Morgan fingerprint density at radius 1 is 1.40 bits per heavy atom. The number of carbonyl (C=O) groups is 1. The lowest BCUT2D eigenvalue weighted by Gasteiger charge is -2.37. The van der Waals surface area contributed by atoms with E-state index in [1.54, 1.807) is 0 Å². The summed E-state index contributed by atoms with van der Waals surface area (Å²) in [4.78, 5) is 14.3. The van der Waals surface area contributed by atoms with E-state index in [1.165, 1.54) is 19.3 Å². The van der Waals surface area contributed by atoms with Crippen molar-refractivity contribution < 1.29 is 4.79 Å². The molecule has 0 bridgehead atoms. The van der Waals surface area contributed by atoms with Gasteiger partial charge in [0.2, 0.25) is 5.91 Å². The molecule has 0 aromatic carbocycles. The van der Waals surface area contributed by atoms with Gasteiger partial charge in [-0.3, -0.25) is 4.79 Å². The van der Waals surface area contributed by atoms with Crippen molar-refractivity contribution >= 4 is 5.91 Å². The van der Waals surface area contributed by atoms with Gasteiger partial charge in [0, 0.05) is 18.5 Å². The second-order valence-electron chi connectivity index (χ2n) is 4.78. The maximum Gasteiger partial charge on any atom is 0.225 e. The van der Waals surface area contributed by atoms with Gasteiger partial charge in [0.05, 0.1) is 0 Å². The van der Waals surface area contributed by atoms with Gasteiger partial charge in [-0.05, 0) is 32.1 Å². The monoisotopic (exact) mass is 211 g/mol. The largest absolute Gasteiger partial charge is 0.340 e. The fraction of sp³-hybridized carbons (Fsp3) is 0.923. The summed E-state index contributed by atoms with van der Waals surface area (Å²) in [7, 11) is 0. The molecule has 0 aromatic heterocycles. The summed E-state index contributed by atoms with van der Waals surface area (Å²) >= 11 is 0. The molecule has 0 aliphatic carbocycles. The van der Waals surface area contributed by atoms with Crippen LogP contribution >= 0.6 is 0 Å². The summed E-state index contributed by atoms with van der Waals surface area (Å²) in [5, 5.41) is 0. The van der Waals surface area contributed by atoms with Crippen LogP contribution in [0.4, 0.5) is 0 Å². The molecule has 1 aliphatic rings. The maximum absolute atomic E-state index is 12.2. The van der Waals surface area contributed by atoms with Gasteiger partial charge in [-0.25, -0.2) is 0 Å². The van der Waals surface area contributed by atoms with Crippen LogP contribution < -0.4 is 0 Å². The van der Waals surface area contributed by atoms with Gasteiger partial charge in [0.1, 0.15) is 0 Å². The Kier molecular flexibility index (Phi) is 5.13. The summed E-state index contributed by atoms with van der Waals surface area (Å²) in [6, 6.07) is 0.519. The topological polar surface area (TPSA) is 20.3 Å². The van der Waals surface area contributed by atoms with Crippen LogP contribution in [0.25, 0.3) is 0 Å². The highest BCUT2D eigenvalue weighted by molar-refractivity contribution is 5.78. The molecule has 15 heavy (non-hydrogen) atoms. The van der Waals surface area contributed by atoms with E-state index >= 15 is 0 Å². The highest BCUT2D eigenvalue weighted by atomic mass is 16.2. The number of likely N-dealkylation sites (tertiary alicyclic amines) is 1. The second kappa shape index (κ2) is 6.14. The van der Waals surface area contributed by atoms with Gasteiger partial charge in [-0.1, -0.05) is 27.2 Å². The maximum atomic E-state index is 12.2. The van der Waals surface area contributed by atoms with Crippen molar-refractivity contribution in [3.05, 3.63) is 0 Å². The van der Waals surface area contributed by atoms with Crippen LogP contribution in [0.1, 0.15) is 59.3 Å². The lowest BCUT2D eigenvalue weighted by atomic mass is 9.96. The van der Waals surface area contributed by atoms with Crippen LogP contribution in [0.5, 0.6) is 0 Å². The van der Waals surface area contributed by atoms with Gasteiger partial charge < -0.3 is 4.90 Å². The molecule has 1 fully saturated rings. The molecular weight excluding hydrogens is 186 g/mol. The third kappa shape index (κ3) is 3.22. The van der Waals surface area contributed by atoms with E-state index in [4.69, 9.17) is 0 Å². The molecule has 1 heterocycles. The Labute approximate surface area is 94.0 Å². The van der Waals surface area contributed by atoms with E-state index < -0.39 is 0 Å². The van der Waals surface area contributed by atoms with Crippen molar-refractivity contribution in [2.75, 3.05) is 6.54 Å². The van der Waals surface area contributed by atoms with E-state index in [1.807, 2.05) is 0 Å². The van der Waals surface area contributed by atoms with Crippen molar-refractivity contribution in [2.45, 2.75) is 65.3 Å². The Hall–Kier alpha value is -0.530. The van der Waals surface area contributed by atoms with Crippen molar-refractivity contribution in [1.29, 1.82) is 0 Å². The number of rotatable bonds is 4. The van der Waals surface area contributed by atoms with E-state index in [0.29, 0.717) is 11.9 Å². The molecule has 2 atom stereocenters. The third-order valence-electron chi connectivity index (χ3n) is 3.52. The van der Waals surface area contributed by atoms with Crippen LogP contribution in [0.15, 0.2) is 0 Å². The van der Waals surface area contributed by atoms with E-state index in [0.717, 1.165) is 25.8 Å².